The Balaban J connectivity index is 2.04. The molecule has 0 spiro atoms. The normalized spacial score (nSPS) is 12.9. The number of benzene rings is 1. The van der Waals surface area contributed by atoms with Gasteiger partial charge in [-0.1, -0.05) is 17.7 Å². The molecule has 1 aromatic carbocycles. The van der Waals surface area contributed by atoms with E-state index in [4.69, 9.17) is 23.8 Å². The SMILES string of the molecule is CC(Cc1cccs1)n1c(=S)[nH]c2cc(Cl)ccc21. The highest BCUT2D eigenvalue weighted by Gasteiger charge is 2.12. The van der Waals surface area contributed by atoms with Gasteiger partial charge in [-0.2, -0.15) is 0 Å². The fraction of sp³-hybridized carbons (Fsp3) is 0.214. The average molecular weight is 309 g/mol. The maximum Gasteiger partial charge on any atom is 0.178 e. The van der Waals surface area contributed by atoms with Gasteiger partial charge in [-0.15, -0.1) is 11.3 Å². The number of aromatic nitrogens is 2. The lowest BCUT2D eigenvalue weighted by molar-refractivity contribution is 0.557. The predicted octanol–water partition coefficient (Wildman–Crippen LogP) is 5.22. The van der Waals surface area contributed by atoms with Gasteiger partial charge in [-0.3, -0.25) is 0 Å². The number of rotatable bonds is 3. The molecule has 3 aromatic rings. The quantitative estimate of drug-likeness (QED) is 0.658. The van der Waals surface area contributed by atoms with Crippen LogP contribution in [-0.4, -0.2) is 9.55 Å². The molecular formula is C14H13ClN2S2. The number of nitrogens with one attached hydrogen (secondary N) is 1. The lowest BCUT2D eigenvalue weighted by atomic mass is 10.2. The van der Waals surface area contributed by atoms with E-state index < -0.39 is 0 Å². The summed E-state index contributed by atoms with van der Waals surface area (Å²) in [6.45, 7) is 2.19. The van der Waals surface area contributed by atoms with Crippen LogP contribution in [0.2, 0.25) is 5.02 Å². The van der Waals surface area contributed by atoms with Crippen LogP contribution in [0.25, 0.3) is 11.0 Å². The number of aromatic amines is 1. The average Bonchev–Trinajstić information content (AvgIpc) is 2.95. The molecule has 19 heavy (non-hydrogen) atoms. The summed E-state index contributed by atoms with van der Waals surface area (Å²) in [4.78, 5) is 4.60. The molecule has 3 rings (SSSR count). The highest BCUT2D eigenvalue weighted by molar-refractivity contribution is 7.71. The Hall–Kier alpha value is -1.10. The van der Waals surface area contributed by atoms with Crippen molar-refractivity contribution in [1.82, 2.24) is 9.55 Å². The lowest BCUT2D eigenvalue weighted by Gasteiger charge is -2.13. The predicted molar refractivity (Wildman–Crippen MR) is 84.9 cm³/mol. The first-order valence-electron chi connectivity index (χ1n) is 6.07. The van der Waals surface area contributed by atoms with Crippen LogP contribution in [0.5, 0.6) is 0 Å². The van der Waals surface area contributed by atoms with Crippen molar-refractivity contribution in [2.24, 2.45) is 0 Å². The minimum atomic E-state index is 0.320. The van der Waals surface area contributed by atoms with Crippen molar-refractivity contribution in [3.63, 3.8) is 0 Å². The first kappa shape index (κ1) is 12.9. The molecular weight excluding hydrogens is 296 g/mol. The van der Waals surface area contributed by atoms with E-state index in [-0.39, 0.29) is 0 Å². The number of fused-ring (bicyclic) bond motifs is 1. The van der Waals surface area contributed by atoms with E-state index in [1.807, 2.05) is 18.2 Å². The van der Waals surface area contributed by atoms with Crippen LogP contribution in [0, 0.1) is 4.77 Å². The van der Waals surface area contributed by atoms with Crippen LogP contribution in [0.4, 0.5) is 0 Å². The second-order valence-corrected chi connectivity index (χ2v) is 6.45. The highest BCUT2D eigenvalue weighted by Crippen LogP contribution is 2.25. The van der Waals surface area contributed by atoms with Crippen LogP contribution >= 0.6 is 35.2 Å². The molecule has 1 atom stereocenters. The van der Waals surface area contributed by atoms with E-state index in [0.29, 0.717) is 6.04 Å². The number of hydrogen-bond donors (Lipinski definition) is 1. The van der Waals surface area contributed by atoms with Crippen molar-refractivity contribution >= 4 is 46.2 Å². The molecule has 0 aliphatic rings. The third-order valence-corrected chi connectivity index (χ3v) is 4.63. The van der Waals surface area contributed by atoms with Gasteiger partial charge in [0, 0.05) is 22.4 Å². The standard InChI is InChI=1S/C14H13ClN2S2/c1-9(7-11-3-2-6-19-11)17-13-5-4-10(15)8-12(13)16-14(17)18/h2-6,8-9H,7H2,1H3,(H,16,18). The summed E-state index contributed by atoms with van der Waals surface area (Å²) in [6.07, 6.45) is 0.988. The monoisotopic (exact) mass is 308 g/mol. The molecule has 0 amide bonds. The van der Waals surface area contributed by atoms with E-state index in [0.717, 1.165) is 27.2 Å². The first-order chi connectivity index (χ1) is 9.15. The van der Waals surface area contributed by atoms with Crippen molar-refractivity contribution in [2.45, 2.75) is 19.4 Å². The van der Waals surface area contributed by atoms with Crippen molar-refractivity contribution in [1.29, 1.82) is 0 Å². The summed E-state index contributed by atoms with van der Waals surface area (Å²) in [7, 11) is 0. The highest BCUT2D eigenvalue weighted by atomic mass is 35.5. The van der Waals surface area contributed by atoms with Gasteiger partial charge in [0.05, 0.1) is 11.0 Å². The van der Waals surface area contributed by atoms with Gasteiger partial charge < -0.3 is 9.55 Å². The largest absolute Gasteiger partial charge is 0.331 e. The number of halogens is 1. The second kappa shape index (κ2) is 5.12. The van der Waals surface area contributed by atoms with E-state index in [9.17, 15) is 0 Å². The molecule has 0 saturated carbocycles. The topological polar surface area (TPSA) is 20.7 Å². The molecule has 1 N–H and O–H groups in total. The zero-order valence-electron chi connectivity index (χ0n) is 10.4. The summed E-state index contributed by atoms with van der Waals surface area (Å²) in [5, 5.41) is 2.83. The Bertz CT molecular complexity index is 755. The summed E-state index contributed by atoms with van der Waals surface area (Å²) >= 11 is 13.2. The van der Waals surface area contributed by atoms with Crippen molar-refractivity contribution < 1.29 is 0 Å². The Morgan fingerprint density at radius 1 is 1.42 bits per heavy atom. The third-order valence-electron chi connectivity index (χ3n) is 3.20. The molecule has 0 fully saturated rings. The van der Waals surface area contributed by atoms with E-state index in [1.54, 1.807) is 11.3 Å². The van der Waals surface area contributed by atoms with E-state index >= 15 is 0 Å². The van der Waals surface area contributed by atoms with Crippen LogP contribution in [0.3, 0.4) is 0 Å². The van der Waals surface area contributed by atoms with Crippen molar-refractivity contribution in [3.8, 4) is 0 Å². The molecule has 0 aliphatic carbocycles. The molecule has 2 nitrogen and oxygen atoms in total. The number of H-pyrrole nitrogens is 1. The zero-order chi connectivity index (χ0) is 13.4. The van der Waals surface area contributed by atoms with Crippen LogP contribution in [-0.2, 0) is 6.42 Å². The Kier molecular flexibility index (Phi) is 3.48. The number of hydrogen-bond acceptors (Lipinski definition) is 2. The van der Waals surface area contributed by atoms with Crippen molar-refractivity contribution in [2.75, 3.05) is 0 Å². The van der Waals surface area contributed by atoms with Crippen LogP contribution < -0.4 is 0 Å². The molecule has 0 radical (unpaired) electrons. The Labute approximate surface area is 125 Å². The third kappa shape index (κ3) is 2.48. The molecule has 0 saturated heterocycles. The molecule has 0 bridgehead atoms. The summed E-state index contributed by atoms with van der Waals surface area (Å²) < 4.78 is 2.92. The van der Waals surface area contributed by atoms with Crippen molar-refractivity contribution in [3.05, 3.63) is 50.4 Å². The minimum absolute atomic E-state index is 0.320. The molecule has 98 valence electrons. The Morgan fingerprint density at radius 2 is 2.26 bits per heavy atom. The molecule has 5 heteroatoms. The maximum absolute atomic E-state index is 6.01. The second-order valence-electron chi connectivity index (χ2n) is 4.59. The first-order valence-corrected chi connectivity index (χ1v) is 7.74. The van der Waals surface area contributed by atoms with Gasteiger partial charge >= 0.3 is 0 Å². The fourth-order valence-electron chi connectivity index (χ4n) is 2.35. The van der Waals surface area contributed by atoms with Gasteiger partial charge in [0.25, 0.3) is 0 Å². The maximum atomic E-state index is 6.01. The van der Waals surface area contributed by atoms with Gasteiger partial charge in [0.2, 0.25) is 0 Å². The lowest BCUT2D eigenvalue weighted by Crippen LogP contribution is -2.07. The molecule has 0 aliphatic heterocycles. The molecule has 2 aromatic heterocycles. The van der Waals surface area contributed by atoms with E-state index in [1.165, 1.54) is 4.88 Å². The summed E-state index contributed by atoms with van der Waals surface area (Å²) in [5.41, 5.74) is 2.11. The Morgan fingerprint density at radius 3 is 3.00 bits per heavy atom. The number of imidazole rings is 1. The van der Waals surface area contributed by atoms with Gasteiger partial charge in [-0.05, 0) is 48.8 Å². The smallest absolute Gasteiger partial charge is 0.178 e. The summed E-state index contributed by atoms with van der Waals surface area (Å²) in [5.74, 6) is 0. The fourth-order valence-corrected chi connectivity index (χ4v) is 3.74. The minimum Gasteiger partial charge on any atom is -0.331 e. The van der Waals surface area contributed by atoms with Gasteiger partial charge in [-0.25, -0.2) is 0 Å². The van der Waals surface area contributed by atoms with Crippen LogP contribution in [0.1, 0.15) is 17.8 Å². The van der Waals surface area contributed by atoms with Gasteiger partial charge in [0.1, 0.15) is 0 Å². The number of thiophene rings is 1. The molecule has 1 unspecified atom stereocenters. The van der Waals surface area contributed by atoms with E-state index in [2.05, 4.69) is 34.0 Å². The van der Waals surface area contributed by atoms with Crippen LogP contribution in [0.15, 0.2) is 35.7 Å². The summed E-state index contributed by atoms with van der Waals surface area (Å²) in [6, 6.07) is 10.4. The number of nitrogens with zero attached hydrogens (tertiary/aromatic N) is 1. The zero-order valence-corrected chi connectivity index (χ0v) is 12.8. The van der Waals surface area contributed by atoms with Gasteiger partial charge in [0.15, 0.2) is 4.77 Å². The molecule has 2 heterocycles.